The summed E-state index contributed by atoms with van der Waals surface area (Å²) in [5, 5.41) is 15.8. The zero-order valence-corrected chi connectivity index (χ0v) is 12.8. The number of benzene rings is 1. The van der Waals surface area contributed by atoms with Gasteiger partial charge in [0, 0.05) is 31.9 Å². The van der Waals surface area contributed by atoms with Gasteiger partial charge < -0.3 is 20.5 Å². The second kappa shape index (κ2) is 9.18. The Bertz CT molecular complexity index is 464. The number of nitrogens with one attached hydrogen (secondary N) is 2. The third-order valence-electron chi connectivity index (χ3n) is 2.56. The van der Waals surface area contributed by atoms with Crippen molar-refractivity contribution in [3.63, 3.8) is 0 Å². The van der Waals surface area contributed by atoms with Crippen molar-refractivity contribution in [2.24, 2.45) is 4.99 Å². The van der Waals surface area contributed by atoms with Crippen LogP contribution in [-0.4, -0.2) is 36.9 Å². The molecule has 1 rings (SSSR count). The molecule has 0 heterocycles. The topological polar surface area (TPSA) is 65.9 Å². The van der Waals surface area contributed by atoms with Gasteiger partial charge in [-0.15, -0.1) is 0 Å². The molecule has 0 bridgehead atoms. The molecule has 0 aliphatic heterocycles. The fourth-order valence-electron chi connectivity index (χ4n) is 1.63. The standard InChI is InChI=1S/C15H24FN3O2/c1-4-21-9-5-8-17-15(18-11(2)3)19-13-10-12(16)6-7-14(13)20/h6-7,10-11,20H,4-5,8-9H2,1-3H3,(H2,17,18,19). The van der Waals surface area contributed by atoms with Crippen molar-refractivity contribution in [2.75, 3.05) is 25.1 Å². The van der Waals surface area contributed by atoms with E-state index in [-0.39, 0.29) is 17.5 Å². The van der Waals surface area contributed by atoms with Crippen LogP contribution < -0.4 is 10.6 Å². The molecule has 1 aromatic rings. The Morgan fingerprint density at radius 1 is 1.43 bits per heavy atom. The Morgan fingerprint density at radius 2 is 2.19 bits per heavy atom. The van der Waals surface area contributed by atoms with Gasteiger partial charge in [0.05, 0.1) is 5.69 Å². The summed E-state index contributed by atoms with van der Waals surface area (Å²) in [6, 6.07) is 3.90. The molecule has 0 saturated heterocycles. The minimum absolute atomic E-state index is 0.0241. The van der Waals surface area contributed by atoms with Crippen LogP contribution in [0.4, 0.5) is 10.1 Å². The first-order valence-corrected chi connectivity index (χ1v) is 7.17. The van der Waals surface area contributed by atoms with Gasteiger partial charge in [-0.2, -0.15) is 0 Å². The third kappa shape index (κ3) is 6.94. The average Bonchev–Trinajstić information content (AvgIpc) is 2.42. The van der Waals surface area contributed by atoms with Crippen molar-refractivity contribution in [3.05, 3.63) is 24.0 Å². The summed E-state index contributed by atoms with van der Waals surface area (Å²) < 4.78 is 18.5. The Morgan fingerprint density at radius 3 is 2.86 bits per heavy atom. The van der Waals surface area contributed by atoms with Gasteiger partial charge in [0.15, 0.2) is 5.96 Å². The first kappa shape index (κ1) is 17.2. The average molecular weight is 297 g/mol. The van der Waals surface area contributed by atoms with Crippen molar-refractivity contribution in [2.45, 2.75) is 33.2 Å². The van der Waals surface area contributed by atoms with Crippen LogP contribution in [0.3, 0.4) is 0 Å². The van der Waals surface area contributed by atoms with Gasteiger partial charge in [0.25, 0.3) is 0 Å². The minimum Gasteiger partial charge on any atom is -0.506 e. The normalized spacial score (nSPS) is 11.8. The van der Waals surface area contributed by atoms with Gasteiger partial charge in [-0.3, -0.25) is 4.99 Å². The molecule has 6 heteroatoms. The highest BCUT2D eigenvalue weighted by atomic mass is 19.1. The fraction of sp³-hybridized carbons (Fsp3) is 0.533. The predicted molar refractivity (Wildman–Crippen MR) is 83.4 cm³/mol. The van der Waals surface area contributed by atoms with Crippen LogP contribution >= 0.6 is 0 Å². The zero-order chi connectivity index (χ0) is 15.7. The molecule has 0 aliphatic rings. The minimum atomic E-state index is -0.421. The quantitative estimate of drug-likeness (QED) is 0.313. The molecule has 0 atom stereocenters. The lowest BCUT2D eigenvalue weighted by molar-refractivity contribution is 0.146. The van der Waals surface area contributed by atoms with Crippen LogP contribution in [0, 0.1) is 5.82 Å². The van der Waals surface area contributed by atoms with E-state index in [9.17, 15) is 9.50 Å². The molecule has 0 unspecified atom stereocenters. The number of phenols is 1. The maximum Gasteiger partial charge on any atom is 0.196 e. The molecule has 21 heavy (non-hydrogen) atoms. The van der Waals surface area contributed by atoms with E-state index in [2.05, 4.69) is 15.6 Å². The number of hydrogen-bond donors (Lipinski definition) is 3. The van der Waals surface area contributed by atoms with Crippen LogP contribution in [0.1, 0.15) is 27.2 Å². The van der Waals surface area contributed by atoms with Crippen molar-refractivity contribution in [3.8, 4) is 5.75 Å². The molecule has 0 aromatic heterocycles. The summed E-state index contributed by atoms with van der Waals surface area (Å²) in [5.41, 5.74) is 0.284. The molecule has 3 N–H and O–H groups in total. The Kier molecular flexibility index (Phi) is 7.53. The number of rotatable bonds is 7. The first-order valence-electron chi connectivity index (χ1n) is 7.17. The summed E-state index contributed by atoms with van der Waals surface area (Å²) in [7, 11) is 0. The molecule has 118 valence electrons. The molecule has 1 aromatic carbocycles. The van der Waals surface area contributed by atoms with Gasteiger partial charge >= 0.3 is 0 Å². The maximum atomic E-state index is 13.2. The lowest BCUT2D eigenvalue weighted by Crippen LogP contribution is -2.36. The molecule has 0 aliphatic carbocycles. The summed E-state index contributed by atoms with van der Waals surface area (Å²) in [6.07, 6.45) is 0.800. The predicted octanol–water partition coefficient (Wildman–Crippen LogP) is 2.72. The van der Waals surface area contributed by atoms with Gasteiger partial charge in [0.1, 0.15) is 11.6 Å². The Balaban J connectivity index is 2.68. The van der Waals surface area contributed by atoms with Crippen molar-refractivity contribution in [1.82, 2.24) is 5.32 Å². The van der Waals surface area contributed by atoms with E-state index >= 15 is 0 Å². The fourth-order valence-corrected chi connectivity index (χ4v) is 1.63. The zero-order valence-electron chi connectivity index (χ0n) is 12.8. The summed E-state index contributed by atoms with van der Waals surface area (Å²) in [6.45, 7) is 7.82. The highest BCUT2D eigenvalue weighted by Crippen LogP contribution is 2.23. The second-order valence-corrected chi connectivity index (χ2v) is 4.87. The number of hydrogen-bond acceptors (Lipinski definition) is 3. The van der Waals surface area contributed by atoms with Gasteiger partial charge in [0.2, 0.25) is 0 Å². The van der Waals surface area contributed by atoms with Crippen LogP contribution in [-0.2, 0) is 4.74 Å². The van der Waals surface area contributed by atoms with E-state index in [4.69, 9.17) is 4.74 Å². The van der Waals surface area contributed by atoms with Crippen molar-refractivity contribution >= 4 is 11.6 Å². The summed E-state index contributed by atoms with van der Waals surface area (Å²) in [5.74, 6) is 0.0573. The Hall–Kier alpha value is -1.82. The highest BCUT2D eigenvalue weighted by Gasteiger charge is 2.07. The molecule has 5 nitrogen and oxygen atoms in total. The number of guanidine groups is 1. The van der Waals surface area contributed by atoms with Crippen LogP contribution in [0.5, 0.6) is 5.75 Å². The number of aliphatic imine (C=N–C) groups is 1. The smallest absolute Gasteiger partial charge is 0.196 e. The van der Waals surface area contributed by atoms with Crippen molar-refractivity contribution < 1.29 is 14.2 Å². The first-order chi connectivity index (χ1) is 10.0. The Labute approximate surface area is 125 Å². The highest BCUT2D eigenvalue weighted by molar-refractivity contribution is 5.95. The molecule has 0 radical (unpaired) electrons. The molecule has 0 saturated carbocycles. The second-order valence-electron chi connectivity index (χ2n) is 4.87. The number of anilines is 1. The van der Waals surface area contributed by atoms with Gasteiger partial charge in [-0.25, -0.2) is 4.39 Å². The number of ether oxygens (including phenoxy) is 1. The van der Waals surface area contributed by atoms with Crippen LogP contribution in [0.25, 0.3) is 0 Å². The van der Waals surface area contributed by atoms with Gasteiger partial charge in [-0.05, 0) is 39.3 Å². The van der Waals surface area contributed by atoms with E-state index in [0.29, 0.717) is 25.7 Å². The molecular formula is C15H24FN3O2. The van der Waals surface area contributed by atoms with E-state index in [1.165, 1.54) is 18.2 Å². The van der Waals surface area contributed by atoms with E-state index in [1.54, 1.807) is 0 Å². The molecule has 0 fully saturated rings. The summed E-state index contributed by atoms with van der Waals surface area (Å²) >= 11 is 0. The lowest BCUT2D eigenvalue weighted by atomic mass is 10.3. The number of nitrogens with zero attached hydrogens (tertiary/aromatic N) is 1. The monoisotopic (exact) mass is 297 g/mol. The van der Waals surface area contributed by atoms with E-state index in [0.717, 1.165) is 6.42 Å². The maximum absolute atomic E-state index is 13.2. The number of halogens is 1. The van der Waals surface area contributed by atoms with Crippen LogP contribution in [0.15, 0.2) is 23.2 Å². The number of aromatic hydroxyl groups is 1. The molecule has 0 amide bonds. The van der Waals surface area contributed by atoms with Crippen molar-refractivity contribution in [1.29, 1.82) is 0 Å². The van der Waals surface area contributed by atoms with E-state index < -0.39 is 5.82 Å². The van der Waals surface area contributed by atoms with E-state index in [1.807, 2.05) is 20.8 Å². The van der Waals surface area contributed by atoms with Gasteiger partial charge in [-0.1, -0.05) is 0 Å². The largest absolute Gasteiger partial charge is 0.506 e. The lowest BCUT2D eigenvalue weighted by Gasteiger charge is -2.16. The SMILES string of the molecule is CCOCCCN=C(Nc1cc(F)ccc1O)NC(C)C. The van der Waals surface area contributed by atoms with Crippen LogP contribution in [0.2, 0.25) is 0 Å². The molecule has 0 spiro atoms. The summed E-state index contributed by atoms with van der Waals surface area (Å²) in [4.78, 5) is 4.38. The third-order valence-corrected chi connectivity index (χ3v) is 2.56. The number of phenolic OH excluding ortho intramolecular Hbond substituents is 1. The molecular weight excluding hydrogens is 273 g/mol.